The zero-order valence-corrected chi connectivity index (χ0v) is 9.06. The van der Waals surface area contributed by atoms with E-state index in [4.69, 9.17) is 0 Å². The van der Waals surface area contributed by atoms with Gasteiger partial charge >= 0.3 is 6.18 Å². The Hall–Kier alpha value is -1.45. The molecular weight excluding hydrogens is 215 g/mol. The van der Waals surface area contributed by atoms with Gasteiger partial charge in [0.15, 0.2) is 0 Å². The maximum atomic E-state index is 12.4. The summed E-state index contributed by atoms with van der Waals surface area (Å²) in [6.45, 7) is 6.20. The van der Waals surface area contributed by atoms with Gasteiger partial charge < -0.3 is 5.32 Å². The fourth-order valence-electron chi connectivity index (χ4n) is 1.23. The second-order valence-corrected chi connectivity index (χ2v) is 3.71. The highest BCUT2D eigenvalue weighted by Crippen LogP contribution is 2.30. The summed E-state index contributed by atoms with van der Waals surface area (Å²) in [7, 11) is 0. The maximum Gasteiger partial charge on any atom is 0.416 e. The van der Waals surface area contributed by atoms with Crippen LogP contribution in [0.1, 0.15) is 18.9 Å². The summed E-state index contributed by atoms with van der Waals surface area (Å²) in [5, 5.41) is 2.93. The number of benzene rings is 1. The Bertz CT molecular complexity index is 369. The lowest BCUT2D eigenvalue weighted by molar-refractivity contribution is -0.137. The summed E-state index contributed by atoms with van der Waals surface area (Å²) in [6, 6.07) is 5.18. The van der Waals surface area contributed by atoms with Crippen LogP contribution in [0, 0.1) is 0 Å². The Kier molecular flexibility index (Phi) is 3.99. The van der Waals surface area contributed by atoms with Gasteiger partial charge in [-0.3, -0.25) is 0 Å². The van der Waals surface area contributed by atoms with Crippen molar-refractivity contribution in [2.24, 2.45) is 0 Å². The highest BCUT2D eigenvalue weighted by atomic mass is 19.4. The lowest BCUT2D eigenvalue weighted by Gasteiger charge is -2.10. The Morgan fingerprint density at radius 2 is 2.06 bits per heavy atom. The molecule has 0 aliphatic carbocycles. The van der Waals surface area contributed by atoms with Gasteiger partial charge in [0, 0.05) is 12.2 Å². The zero-order chi connectivity index (χ0) is 12.2. The molecule has 0 heterocycles. The van der Waals surface area contributed by atoms with Gasteiger partial charge in [0.2, 0.25) is 0 Å². The zero-order valence-electron chi connectivity index (χ0n) is 9.06. The van der Waals surface area contributed by atoms with Crippen LogP contribution < -0.4 is 5.32 Å². The molecule has 0 spiro atoms. The van der Waals surface area contributed by atoms with Crippen molar-refractivity contribution in [2.75, 3.05) is 11.9 Å². The largest absolute Gasteiger partial charge is 0.416 e. The summed E-state index contributed by atoms with van der Waals surface area (Å²) in [5.41, 5.74) is 0.850. The van der Waals surface area contributed by atoms with Crippen molar-refractivity contribution in [3.05, 3.63) is 42.0 Å². The van der Waals surface area contributed by atoms with Crippen molar-refractivity contribution in [3.63, 3.8) is 0 Å². The Morgan fingerprint density at radius 3 is 2.62 bits per heavy atom. The Morgan fingerprint density at radius 1 is 1.38 bits per heavy atom. The minimum absolute atomic E-state index is 0.482. The first kappa shape index (κ1) is 12.6. The third-order valence-corrected chi connectivity index (χ3v) is 2.07. The number of rotatable bonds is 4. The molecule has 0 amide bonds. The van der Waals surface area contributed by atoms with Crippen LogP contribution in [-0.4, -0.2) is 6.54 Å². The van der Waals surface area contributed by atoms with Crippen LogP contribution in [0.5, 0.6) is 0 Å². The van der Waals surface area contributed by atoms with E-state index in [0.29, 0.717) is 12.2 Å². The molecule has 0 unspecified atom stereocenters. The van der Waals surface area contributed by atoms with E-state index in [0.717, 1.165) is 24.1 Å². The number of nitrogens with one attached hydrogen (secondary N) is 1. The van der Waals surface area contributed by atoms with Gasteiger partial charge in [0.1, 0.15) is 0 Å². The number of alkyl halides is 3. The second-order valence-electron chi connectivity index (χ2n) is 3.71. The van der Waals surface area contributed by atoms with Crippen molar-refractivity contribution in [1.29, 1.82) is 0 Å². The number of anilines is 1. The first-order valence-corrected chi connectivity index (χ1v) is 4.95. The smallest absolute Gasteiger partial charge is 0.385 e. The number of halogens is 3. The highest BCUT2D eigenvalue weighted by Gasteiger charge is 2.30. The van der Waals surface area contributed by atoms with Crippen LogP contribution in [0.15, 0.2) is 36.4 Å². The van der Waals surface area contributed by atoms with Gasteiger partial charge in [-0.2, -0.15) is 13.2 Å². The number of hydrogen-bond donors (Lipinski definition) is 1. The van der Waals surface area contributed by atoms with Crippen molar-refractivity contribution in [1.82, 2.24) is 0 Å². The van der Waals surface area contributed by atoms with E-state index in [1.54, 1.807) is 6.07 Å². The van der Waals surface area contributed by atoms with E-state index in [-0.39, 0.29) is 0 Å². The van der Waals surface area contributed by atoms with Gasteiger partial charge in [-0.25, -0.2) is 0 Å². The third-order valence-electron chi connectivity index (χ3n) is 2.07. The quantitative estimate of drug-likeness (QED) is 0.767. The van der Waals surface area contributed by atoms with Gasteiger partial charge in [0.25, 0.3) is 0 Å². The van der Waals surface area contributed by atoms with Gasteiger partial charge in [-0.1, -0.05) is 11.6 Å². The first-order chi connectivity index (χ1) is 7.39. The second kappa shape index (κ2) is 5.05. The van der Waals surface area contributed by atoms with Crippen LogP contribution in [-0.2, 0) is 6.18 Å². The van der Waals surface area contributed by atoms with Gasteiger partial charge in [-0.05, 0) is 31.5 Å². The molecule has 0 radical (unpaired) electrons. The average molecular weight is 229 g/mol. The molecule has 4 heteroatoms. The molecule has 0 aliphatic rings. The van der Waals surface area contributed by atoms with Crippen LogP contribution in [0.3, 0.4) is 0 Å². The van der Waals surface area contributed by atoms with E-state index in [2.05, 4.69) is 11.9 Å². The minimum Gasteiger partial charge on any atom is -0.385 e. The Labute approximate surface area is 93.0 Å². The molecular formula is C12H14F3N. The molecule has 1 N–H and O–H groups in total. The highest BCUT2D eigenvalue weighted by molar-refractivity contribution is 5.46. The SMILES string of the molecule is C=C(C)CCNc1cccc(C(F)(F)F)c1. The van der Waals surface area contributed by atoms with E-state index in [9.17, 15) is 13.2 Å². The van der Waals surface area contributed by atoms with E-state index < -0.39 is 11.7 Å². The monoisotopic (exact) mass is 229 g/mol. The summed E-state index contributed by atoms with van der Waals surface area (Å²) in [5.74, 6) is 0. The molecule has 0 aromatic heterocycles. The van der Waals surface area contributed by atoms with Crippen LogP contribution in [0.25, 0.3) is 0 Å². The van der Waals surface area contributed by atoms with Crippen LogP contribution >= 0.6 is 0 Å². The van der Waals surface area contributed by atoms with Crippen molar-refractivity contribution >= 4 is 5.69 Å². The minimum atomic E-state index is -4.29. The standard InChI is InChI=1S/C12H14F3N/c1-9(2)6-7-16-11-5-3-4-10(8-11)12(13,14)15/h3-5,8,16H,1,6-7H2,2H3. The Balaban J connectivity index is 2.64. The third kappa shape index (κ3) is 3.96. The molecule has 0 atom stereocenters. The predicted octanol–water partition coefficient (Wildman–Crippen LogP) is 4.08. The molecule has 1 aromatic rings. The summed E-state index contributed by atoms with van der Waals surface area (Å²) in [4.78, 5) is 0. The predicted molar refractivity (Wildman–Crippen MR) is 59.4 cm³/mol. The average Bonchev–Trinajstić information content (AvgIpc) is 2.16. The van der Waals surface area contributed by atoms with Crippen LogP contribution in [0.4, 0.5) is 18.9 Å². The summed E-state index contributed by atoms with van der Waals surface area (Å²) >= 11 is 0. The molecule has 88 valence electrons. The van der Waals surface area contributed by atoms with Gasteiger partial charge in [-0.15, -0.1) is 6.58 Å². The number of hydrogen-bond acceptors (Lipinski definition) is 1. The first-order valence-electron chi connectivity index (χ1n) is 4.95. The molecule has 0 bridgehead atoms. The van der Waals surface area contributed by atoms with Crippen molar-refractivity contribution in [3.8, 4) is 0 Å². The molecule has 16 heavy (non-hydrogen) atoms. The molecule has 0 saturated heterocycles. The van der Waals surface area contributed by atoms with Gasteiger partial charge in [0.05, 0.1) is 5.56 Å². The topological polar surface area (TPSA) is 12.0 Å². The van der Waals surface area contributed by atoms with Crippen molar-refractivity contribution < 1.29 is 13.2 Å². The molecule has 1 aromatic carbocycles. The molecule has 0 saturated carbocycles. The normalized spacial score (nSPS) is 11.2. The van der Waals surface area contributed by atoms with Crippen LogP contribution in [0.2, 0.25) is 0 Å². The summed E-state index contributed by atoms with van der Waals surface area (Å²) in [6.07, 6.45) is -3.54. The molecule has 0 fully saturated rings. The fraction of sp³-hybridized carbons (Fsp3) is 0.333. The summed E-state index contributed by atoms with van der Waals surface area (Å²) < 4.78 is 37.1. The van der Waals surface area contributed by atoms with Crippen molar-refractivity contribution in [2.45, 2.75) is 19.5 Å². The van der Waals surface area contributed by atoms with E-state index >= 15 is 0 Å². The maximum absolute atomic E-state index is 12.4. The molecule has 0 aliphatic heterocycles. The van der Waals surface area contributed by atoms with E-state index in [1.165, 1.54) is 6.07 Å². The fourth-order valence-corrected chi connectivity index (χ4v) is 1.23. The van der Waals surface area contributed by atoms with E-state index in [1.807, 2.05) is 6.92 Å². The lowest BCUT2D eigenvalue weighted by Crippen LogP contribution is -2.07. The lowest BCUT2D eigenvalue weighted by atomic mass is 10.2. The molecule has 1 nitrogen and oxygen atoms in total. The molecule has 1 rings (SSSR count).